The molecule has 2 aliphatic heterocycles. The molecule has 2 fully saturated rings. The summed E-state index contributed by atoms with van der Waals surface area (Å²) in [4.78, 5) is 14.5. The van der Waals surface area contributed by atoms with Crippen molar-refractivity contribution in [3.8, 4) is 0 Å². The third-order valence-electron chi connectivity index (χ3n) is 4.67. The van der Waals surface area contributed by atoms with Gasteiger partial charge >= 0.3 is 0 Å². The molecule has 2 unspecified atom stereocenters. The molecular weight excluding hydrogens is 250 g/mol. The molecule has 0 aromatic rings. The average molecular weight is 281 g/mol. The molecule has 1 amide bonds. The summed E-state index contributed by atoms with van der Waals surface area (Å²) in [7, 11) is 0. The highest BCUT2D eigenvalue weighted by Gasteiger charge is 2.36. The highest BCUT2D eigenvalue weighted by molar-refractivity contribution is 5.78. The van der Waals surface area contributed by atoms with Crippen LogP contribution >= 0.6 is 0 Å². The van der Waals surface area contributed by atoms with Crippen molar-refractivity contribution in [2.24, 2.45) is 0 Å². The van der Waals surface area contributed by atoms with Crippen LogP contribution in [0.5, 0.6) is 0 Å². The van der Waals surface area contributed by atoms with Crippen molar-refractivity contribution in [2.45, 2.75) is 76.9 Å². The van der Waals surface area contributed by atoms with Gasteiger partial charge in [0.25, 0.3) is 0 Å². The van der Waals surface area contributed by atoms with Gasteiger partial charge in [-0.05, 0) is 45.1 Å². The van der Waals surface area contributed by atoms with Gasteiger partial charge in [-0.1, -0.05) is 20.3 Å². The van der Waals surface area contributed by atoms with Crippen LogP contribution in [0, 0.1) is 0 Å². The third kappa shape index (κ3) is 4.45. The number of rotatable bonds is 8. The Labute approximate surface area is 123 Å². The van der Waals surface area contributed by atoms with Crippen molar-refractivity contribution < 1.29 is 4.79 Å². The molecule has 2 aliphatic rings. The van der Waals surface area contributed by atoms with E-state index in [2.05, 4.69) is 29.4 Å². The Morgan fingerprint density at radius 3 is 2.50 bits per heavy atom. The van der Waals surface area contributed by atoms with E-state index in [-0.39, 0.29) is 5.91 Å². The maximum Gasteiger partial charge on any atom is 0.234 e. The van der Waals surface area contributed by atoms with Gasteiger partial charge in [0.05, 0.1) is 6.54 Å². The summed E-state index contributed by atoms with van der Waals surface area (Å²) in [5.74, 6) is 0.206. The fourth-order valence-corrected chi connectivity index (χ4v) is 3.65. The average Bonchev–Trinajstić information content (AvgIpc) is 2.77. The molecular formula is C16H31N3O. The van der Waals surface area contributed by atoms with Crippen LogP contribution in [0.1, 0.15) is 58.8 Å². The summed E-state index contributed by atoms with van der Waals surface area (Å²) >= 11 is 0. The number of amides is 1. The van der Waals surface area contributed by atoms with Crippen LogP contribution < -0.4 is 10.6 Å². The monoisotopic (exact) mass is 281 g/mol. The number of fused-ring (bicyclic) bond motifs is 2. The number of carbonyl (C=O) groups excluding carboxylic acids is 1. The second kappa shape index (κ2) is 7.99. The maximum absolute atomic E-state index is 12.1. The Kier molecular flexibility index (Phi) is 6.30. The predicted octanol–water partition coefficient (Wildman–Crippen LogP) is 1.90. The van der Waals surface area contributed by atoms with Crippen molar-refractivity contribution >= 4 is 5.91 Å². The summed E-state index contributed by atoms with van der Waals surface area (Å²) < 4.78 is 0. The van der Waals surface area contributed by atoms with E-state index in [1.807, 2.05) is 0 Å². The Balaban J connectivity index is 1.81. The van der Waals surface area contributed by atoms with Crippen LogP contribution in [0.15, 0.2) is 0 Å². The zero-order valence-corrected chi connectivity index (χ0v) is 13.2. The largest absolute Gasteiger partial charge is 0.355 e. The Morgan fingerprint density at radius 1 is 1.20 bits per heavy atom. The van der Waals surface area contributed by atoms with E-state index in [1.54, 1.807) is 0 Å². The number of nitrogens with zero attached hydrogens (tertiary/aromatic N) is 1. The fraction of sp³-hybridized carbons (Fsp3) is 0.938. The Morgan fingerprint density at radius 2 is 1.90 bits per heavy atom. The predicted molar refractivity (Wildman–Crippen MR) is 82.7 cm³/mol. The molecule has 0 aliphatic carbocycles. The quantitative estimate of drug-likeness (QED) is 0.668. The lowest BCUT2D eigenvalue weighted by Crippen LogP contribution is -2.51. The molecule has 2 saturated heterocycles. The van der Waals surface area contributed by atoms with E-state index < -0.39 is 0 Å². The highest BCUT2D eigenvalue weighted by atomic mass is 16.2. The first-order valence-corrected chi connectivity index (χ1v) is 8.49. The normalized spacial score (nSPS) is 28.9. The standard InChI is InChI=1S/C16H31N3O/c1-3-5-8-17-16(20)12-19(9-4-2)15-10-13-6-7-14(11-15)18-13/h13-15,18H,3-12H2,1-2H3,(H,17,20). The van der Waals surface area contributed by atoms with E-state index in [4.69, 9.17) is 0 Å². The molecule has 4 heteroatoms. The molecule has 0 aromatic heterocycles. The van der Waals surface area contributed by atoms with Crippen LogP contribution in [0.3, 0.4) is 0 Å². The van der Waals surface area contributed by atoms with Crippen molar-refractivity contribution in [1.82, 2.24) is 15.5 Å². The van der Waals surface area contributed by atoms with Gasteiger partial charge in [-0.25, -0.2) is 0 Å². The first-order valence-electron chi connectivity index (χ1n) is 8.49. The summed E-state index contributed by atoms with van der Waals surface area (Å²) in [5, 5.41) is 6.74. The first kappa shape index (κ1) is 15.8. The van der Waals surface area contributed by atoms with E-state index in [0.717, 1.165) is 32.4 Å². The van der Waals surface area contributed by atoms with E-state index in [0.29, 0.717) is 24.7 Å². The van der Waals surface area contributed by atoms with Crippen LogP contribution in [-0.2, 0) is 4.79 Å². The Hall–Kier alpha value is -0.610. The van der Waals surface area contributed by atoms with Gasteiger partial charge in [0.15, 0.2) is 0 Å². The molecule has 4 nitrogen and oxygen atoms in total. The third-order valence-corrected chi connectivity index (χ3v) is 4.67. The molecule has 0 aromatic carbocycles. The van der Waals surface area contributed by atoms with Crippen LogP contribution in [0.4, 0.5) is 0 Å². The highest BCUT2D eigenvalue weighted by Crippen LogP contribution is 2.29. The van der Waals surface area contributed by atoms with Crippen LogP contribution in [0.2, 0.25) is 0 Å². The van der Waals surface area contributed by atoms with E-state index >= 15 is 0 Å². The molecule has 2 rings (SSSR count). The number of hydrogen-bond donors (Lipinski definition) is 2. The maximum atomic E-state index is 12.1. The van der Waals surface area contributed by atoms with Crippen molar-refractivity contribution in [3.05, 3.63) is 0 Å². The zero-order valence-electron chi connectivity index (χ0n) is 13.2. The van der Waals surface area contributed by atoms with Gasteiger partial charge in [-0.2, -0.15) is 0 Å². The van der Waals surface area contributed by atoms with Gasteiger partial charge in [-0.3, -0.25) is 9.69 Å². The summed E-state index contributed by atoms with van der Waals surface area (Å²) in [5.41, 5.74) is 0. The molecule has 0 spiro atoms. The lowest BCUT2D eigenvalue weighted by Gasteiger charge is -2.37. The molecule has 2 N–H and O–H groups in total. The van der Waals surface area contributed by atoms with Gasteiger partial charge in [-0.15, -0.1) is 0 Å². The van der Waals surface area contributed by atoms with E-state index in [1.165, 1.54) is 25.7 Å². The number of unbranched alkanes of at least 4 members (excludes halogenated alkanes) is 1. The Bertz CT molecular complexity index is 296. The lowest BCUT2D eigenvalue weighted by molar-refractivity contribution is -0.123. The summed E-state index contributed by atoms with van der Waals surface area (Å²) in [6.07, 6.45) is 8.43. The second-order valence-electron chi connectivity index (χ2n) is 6.44. The fourth-order valence-electron chi connectivity index (χ4n) is 3.65. The molecule has 116 valence electrons. The summed E-state index contributed by atoms with van der Waals surface area (Å²) in [6.45, 7) is 6.82. The number of hydrogen-bond acceptors (Lipinski definition) is 3. The number of carbonyl (C=O) groups is 1. The topological polar surface area (TPSA) is 44.4 Å². The smallest absolute Gasteiger partial charge is 0.234 e. The molecule has 20 heavy (non-hydrogen) atoms. The zero-order chi connectivity index (χ0) is 14.4. The lowest BCUT2D eigenvalue weighted by atomic mass is 9.98. The molecule has 2 atom stereocenters. The van der Waals surface area contributed by atoms with Gasteiger partial charge < -0.3 is 10.6 Å². The molecule has 0 radical (unpaired) electrons. The van der Waals surface area contributed by atoms with Gasteiger partial charge in [0, 0.05) is 24.7 Å². The second-order valence-corrected chi connectivity index (χ2v) is 6.44. The molecule has 0 saturated carbocycles. The molecule has 2 bridgehead atoms. The minimum atomic E-state index is 0.206. The van der Waals surface area contributed by atoms with Crippen molar-refractivity contribution in [2.75, 3.05) is 19.6 Å². The van der Waals surface area contributed by atoms with Crippen LogP contribution in [0.25, 0.3) is 0 Å². The number of piperidine rings is 1. The summed E-state index contributed by atoms with van der Waals surface area (Å²) in [6, 6.07) is 1.99. The van der Waals surface area contributed by atoms with Crippen molar-refractivity contribution in [3.63, 3.8) is 0 Å². The SMILES string of the molecule is CCCCNC(=O)CN(CCC)C1CC2CCC(C1)N2. The molecule has 2 heterocycles. The minimum Gasteiger partial charge on any atom is -0.355 e. The van der Waals surface area contributed by atoms with Gasteiger partial charge in [0.2, 0.25) is 5.91 Å². The van der Waals surface area contributed by atoms with Crippen molar-refractivity contribution in [1.29, 1.82) is 0 Å². The van der Waals surface area contributed by atoms with Crippen LogP contribution in [-0.4, -0.2) is 48.6 Å². The first-order chi connectivity index (χ1) is 9.72. The minimum absolute atomic E-state index is 0.206. The van der Waals surface area contributed by atoms with Gasteiger partial charge in [0.1, 0.15) is 0 Å². The number of nitrogens with one attached hydrogen (secondary N) is 2. The van der Waals surface area contributed by atoms with E-state index in [9.17, 15) is 4.79 Å².